The number of H-pyrrole nitrogens is 1. The first-order chi connectivity index (χ1) is 17.4. The molecule has 4 aromatic rings. The van der Waals surface area contributed by atoms with Crippen molar-refractivity contribution >= 4 is 52.0 Å². The highest BCUT2D eigenvalue weighted by Gasteiger charge is 2.24. The number of fused-ring (bicyclic) bond motifs is 1. The molecule has 0 radical (unpaired) electrons. The molecule has 0 unspecified atom stereocenters. The van der Waals surface area contributed by atoms with Gasteiger partial charge in [-0.1, -0.05) is 12.1 Å². The fourth-order valence-electron chi connectivity index (χ4n) is 3.78. The zero-order chi connectivity index (χ0) is 25.2. The molecule has 0 spiro atoms. The Kier molecular flexibility index (Phi) is 5.91. The van der Waals surface area contributed by atoms with E-state index in [2.05, 4.69) is 20.9 Å². The normalized spacial score (nSPS) is 13.3. The maximum atomic E-state index is 13.8. The van der Waals surface area contributed by atoms with E-state index in [1.54, 1.807) is 42.6 Å². The minimum atomic E-state index is -1.23. The quantitative estimate of drug-likeness (QED) is 0.213. The van der Waals surface area contributed by atoms with Crippen LogP contribution in [0.5, 0.6) is 0 Å². The summed E-state index contributed by atoms with van der Waals surface area (Å²) in [4.78, 5) is 27.7. The van der Waals surface area contributed by atoms with Gasteiger partial charge in [0, 0.05) is 46.6 Å². The summed E-state index contributed by atoms with van der Waals surface area (Å²) < 4.78 is 40.6. The van der Waals surface area contributed by atoms with Gasteiger partial charge in [-0.15, -0.1) is 0 Å². The first-order valence-electron chi connectivity index (χ1n) is 10.8. The van der Waals surface area contributed by atoms with Crippen LogP contribution in [0.2, 0.25) is 0 Å². The molecule has 0 saturated heterocycles. The number of carbonyl (C=O) groups excluding carboxylic acids is 2. The van der Waals surface area contributed by atoms with E-state index in [1.165, 1.54) is 0 Å². The van der Waals surface area contributed by atoms with Crippen LogP contribution in [0.1, 0.15) is 11.3 Å². The number of nitrogens with one attached hydrogen (secondary N) is 5. The number of carbonyl (C=O) groups is 2. The Bertz CT molecular complexity index is 1490. The summed E-state index contributed by atoms with van der Waals surface area (Å²) in [7, 11) is 0. The number of hydrogen-bond acceptors (Lipinski definition) is 3. The van der Waals surface area contributed by atoms with Crippen LogP contribution in [0.25, 0.3) is 11.6 Å². The van der Waals surface area contributed by atoms with Crippen molar-refractivity contribution in [1.29, 1.82) is 0 Å². The number of rotatable bonds is 5. The third-order valence-electron chi connectivity index (χ3n) is 5.38. The highest BCUT2D eigenvalue weighted by molar-refractivity contribution is 6.35. The van der Waals surface area contributed by atoms with Crippen LogP contribution in [-0.4, -0.2) is 16.9 Å². The predicted molar refractivity (Wildman–Crippen MR) is 132 cm³/mol. The third-order valence-corrected chi connectivity index (χ3v) is 5.38. The van der Waals surface area contributed by atoms with E-state index < -0.39 is 29.2 Å². The summed E-state index contributed by atoms with van der Waals surface area (Å²) in [5.41, 5.74) is 3.66. The Labute approximate surface area is 203 Å². The van der Waals surface area contributed by atoms with Crippen molar-refractivity contribution in [1.82, 2.24) is 4.98 Å². The van der Waals surface area contributed by atoms with Gasteiger partial charge in [0.1, 0.15) is 11.5 Å². The monoisotopic (exact) mass is 489 g/mol. The second kappa shape index (κ2) is 9.34. The number of anilines is 5. The first-order valence-corrected chi connectivity index (χ1v) is 10.8. The fraction of sp³-hybridized carbons (Fsp3) is 0. The van der Waals surface area contributed by atoms with Gasteiger partial charge in [-0.05, 0) is 48.5 Å². The van der Waals surface area contributed by atoms with Crippen molar-refractivity contribution < 1.29 is 22.8 Å². The summed E-state index contributed by atoms with van der Waals surface area (Å²) in [6, 6.07) is 15.8. The third kappa shape index (κ3) is 4.78. The maximum Gasteiger partial charge on any atom is 0.323 e. The summed E-state index contributed by atoms with van der Waals surface area (Å²) in [6.07, 6.45) is 3.55. The standard InChI is InChI=1S/C26H18F3N5O2/c27-14-9-21(28)24(22(29)10-14)34-26(36)32-17-4-1-3-16(11-17)31-18-6-7-19-20(12-15-5-2-8-30-15)25(35)33-23(19)13-18/h1-13,30-31H,(H,33,35)(H2,32,34,36)/b20-12-. The van der Waals surface area contributed by atoms with Crippen LogP contribution < -0.4 is 21.3 Å². The predicted octanol–water partition coefficient (Wildman–Crippen LogP) is 6.31. The molecule has 3 aromatic carbocycles. The molecule has 1 aliphatic heterocycles. The average molecular weight is 489 g/mol. The second-order valence-corrected chi connectivity index (χ2v) is 7.93. The molecule has 3 amide bonds. The van der Waals surface area contributed by atoms with Crippen LogP contribution in [0, 0.1) is 17.5 Å². The number of aromatic nitrogens is 1. The minimum Gasteiger partial charge on any atom is -0.362 e. The van der Waals surface area contributed by atoms with Gasteiger partial charge in [0.15, 0.2) is 11.6 Å². The van der Waals surface area contributed by atoms with Gasteiger partial charge in [-0.3, -0.25) is 4.79 Å². The molecule has 7 nitrogen and oxygen atoms in total. The molecule has 10 heteroatoms. The zero-order valence-electron chi connectivity index (χ0n) is 18.5. The Morgan fingerprint density at radius 2 is 1.58 bits per heavy atom. The second-order valence-electron chi connectivity index (χ2n) is 7.93. The van der Waals surface area contributed by atoms with Crippen molar-refractivity contribution in [3.63, 3.8) is 0 Å². The fourth-order valence-corrected chi connectivity index (χ4v) is 3.78. The Morgan fingerprint density at radius 1 is 0.833 bits per heavy atom. The summed E-state index contributed by atoms with van der Waals surface area (Å²) in [5, 5.41) is 10.6. The van der Waals surface area contributed by atoms with Gasteiger partial charge in [0.25, 0.3) is 5.91 Å². The maximum absolute atomic E-state index is 13.8. The smallest absolute Gasteiger partial charge is 0.323 e. The van der Waals surface area contributed by atoms with Crippen molar-refractivity contribution in [3.05, 3.63) is 102 Å². The van der Waals surface area contributed by atoms with Gasteiger partial charge in [0.05, 0.1) is 11.3 Å². The minimum absolute atomic E-state index is 0.206. The van der Waals surface area contributed by atoms with Gasteiger partial charge in [0.2, 0.25) is 0 Å². The van der Waals surface area contributed by atoms with Crippen LogP contribution in [0.15, 0.2) is 72.9 Å². The van der Waals surface area contributed by atoms with Crippen molar-refractivity contribution in [2.24, 2.45) is 0 Å². The lowest BCUT2D eigenvalue weighted by Crippen LogP contribution is -2.21. The van der Waals surface area contributed by atoms with Crippen molar-refractivity contribution in [2.75, 3.05) is 21.3 Å². The summed E-state index contributed by atoms with van der Waals surface area (Å²) in [5.74, 6) is -3.75. The number of urea groups is 1. The molecule has 2 heterocycles. The SMILES string of the molecule is O=C(Nc1cccc(Nc2ccc3c(c2)NC(=O)/C3=C\c2ccc[nH]2)c1)Nc1c(F)cc(F)cc1F. The van der Waals surface area contributed by atoms with E-state index in [0.29, 0.717) is 40.5 Å². The summed E-state index contributed by atoms with van der Waals surface area (Å²) >= 11 is 0. The van der Waals surface area contributed by atoms with E-state index in [9.17, 15) is 22.8 Å². The first kappa shape index (κ1) is 22.8. The highest BCUT2D eigenvalue weighted by atomic mass is 19.1. The van der Waals surface area contributed by atoms with E-state index in [0.717, 1.165) is 11.3 Å². The molecule has 1 aromatic heterocycles. The van der Waals surface area contributed by atoms with Crippen molar-refractivity contribution in [3.8, 4) is 0 Å². The molecular weight excluding hydrogens is 471 g/mol. The molecule has 0 bridgehead atoms. The molecule has 5 rings (SSSR count). The molecule has 0 atom stereocenters. The van der Waals surface area contributed by atoms with Crippen LogP contribution >= 0.6 is 0 Å². The van der Waals surface area contributed by atoms with Gasteiger partial charge < -0.3 is 26.3 Å². The topological polar surface area (TPSA) is 98.1 Å². The highest BCUT2D eigenvalue weighted by Crippen LogP contribution is 2.35. The van der Waals surface area contributed by atoms with E-state index in [-0.39, 0.29) is 5.91 Å². The number of amides is 3. The van der Waals surface area contributed by atoms with Gasteiger partial charge in [-0.2, -0.15) is 0 Å². The lowest BCUT2D eigenvalue weighted by molar-refractivity contribution is -0.110. The molecule has 0 saturated carbocycles. The molecule has 180 valence electrons. The molecule has 0 fully saturated rings. The van der Waals surface area contributed by atoms with Crippen LogP contribution in [0.4, 0.5) is 46.4 Å². The number of halogens is 3. The van der Waals surface area contributed by atoms with Gasteiger partial charge >= 0.3 is 6.03 Å². The van der Waals surface area contributed by atoms with Crippen molar-refractivity contribution in [2.45, 2.75) is 0 Å². The number of hydrogen-bond donors (Lipinski definition) is 5. The van der Waals surface area contributed by atoms with Crippen LogP contribution in [0.3, 0.4) is 0 Å². The van der Waals surface area contributed by atoms with E-state index >= 15 is 0 Å². The molecule has 1 aliphatic rings. The largest absolute Gasteiger partial charge is 0.362 e. The van der Waals surface area contributed by atoms with Crippen LogP contribution in [-0.2, 0) is 4.79 Å². The number of aromatic amines is 1. The number of benzene rings is 3. The lowest BCUT2D eigenvalue weighted by Gasteiger charge is -2.12. The lowest BCUT2D eigenvalue weighted by atomic mass is 10.1. The average Bonchev–Trinajstić information content (AvgIpc) is 3.44. The summed E-state index contributed by atoms with van der Waals surface area (Å²) in [6.45, 7) is 0. The molecule has 0 aliphatic carbocycles. The molecule has 5 N–H and O–H groups in total. The molecular formula is C26H18F3N5O2. The Hall–Kier alpha value is -4.99. The zero-order valence-corrected chi connectivity index (χ0v) is 18.5. The molecule has 36 heavy (non-hydrogen) atoms. The van der Waals surface area contributed by atoms with Gasteiger partial charge in [-0.25, -0.2) is 18.0 Å². The Balaban J connectivity index is 1.29. The Morgan fingerprint density at radius 3 is 2.33 bits per heavy atom. The van der Waals surface area contributed by atoms with E-state index in [4.69, 9.17) is 0 Å². The van der Waals surface area contributed by atoms with E-state index in [1.807, 2.05) is 29.6 Å².